The van der Waals surface area contributed by atoms with E-state index in [4.69, 9.17) is 4.74 Å². The smallest absolute Gasteiger partial charge is 0.251 e. The van der Waals surface area contributed by atoms with Gasteiger partial charge in [0.05, 0.1) is 12.9 Å². The maximum atomic E-state index is 12.9. The molecule has 1 heterocycles. The summed E-state index contributed by atoms with van der Waals surface area (Å²) in [4.78, 5) is 14.1. The van der Waals surface area contributed by atoms with E-state index in [-0.39, 0.29) is 18.2 Å². The fourth-order valence-electron chi connectivity index (χ4n) is 3.31. The van der Waals surface area contributed by atoms with Gasteiger partial charge in [0.25, 0.3) is 5.91 Å². The highest BCUT2D eigenvalue weighted by Crippen LogP contribution is 2.21. The molecule has 1 N–H and O–H groups in total. The van der Waals surface area contributed by atoms with Crippen LogP contribution in [0.5, 0.6) is 5.75 Å². The summed E-state index contributed by atoms with van der Waals surface area (Å²) in [7, 11) is -1.76. The van der Waals surface area contributed by atoms with E-state index in [1.807, 2.05) is 24.3 Å². The number of piperazine rings is 1. The quantitative estimate of drug-likeness (QED) is 0.643. The van der Waals surface area contributed by atoms with Crippen LogP contribution in [0.25, 0.3) is 0 Å². The molecule has 0 saturated carbocycles. The van der Waals surface area contributed by atoms with Gasteiger partial charge in [0, 0.05) is 44.0 Å². The summed E-state index contributed by atoms with van der Waals surface area (Å²) in [6, 6.07) is 12.9. The van der Waals surface area contributed by atoms with E-state index in [1.165, 1.54) is 28.6 Å². The van der Waals surface area contributed by atoms with Gasteiger partial charge < -0.3 is 15.0 Å². The number of methoxy groups -OCH3 is 1. The van der Waals surface area contributed by atoms with Crippen LogP contribution in [0, 0.1) is 5.82 Å². The predicted octanol–water partition coefficient (Wildman–Crippen LogP) is 2.11. The highest BCUT2D eigenvalue weighted by Gasteiger charge is 2.26. The van der Waals surface area contributed by atoms with Gasteiger partial charge >= 0.3 is 0 Å². The van der Waals surface area contributed by atoms with Gasteiger partial charge in [-0.15, -0.1) is 0 Å². The van der Waals surface area contributed by atoms with Crippen molar-refractivity contribution >= 4 is 21.6 Å². The fraction of sp³-hybridized carbons (Fsp3) is 0.381. The maximum absolute atomic E-state index is 12.9. The normalized spacial score (nSPS) is 15.1. The molecule has 0 spiro atoms. The van der Waals surface area contributed by atoms with E-state index in [2.05, 4.69) is 10.2 Å². The monoisotopic (exact) mass is 435 g/mol. The van der Waals surface area contributed by atoms with Crippen molar-refractivity contribution in [3.63, 3.8) is 0 Å². The summed E-state index contributed by atoms with van der Waals surface area (Å²) < 4.78 is 44.8. The maximum Gasteiger partial charge on any atom is 0.251 e. The molecule has 1 aliphatic heterocycles. The van der Waals surface area contributed by atoms with E-state index < -0.39 is 15.8 Å². The Bertz CT molecular complexity index is 941. The number of carbonyl (C=O) groups is 1. The Morgan fingerprint density at radius 3 is 2.27 bits per heavy atom. The molecule has 162 valence electrons. The van der Waals surface area contributed by atoms with Crippen molar-refractivity contribution in [2.75, 3.05) is 50.5 Å². The van der Waals surface area contributed by atoms with Crippen LogP contribution in [0.4, 0.5) is 10.1 Å². The second-order valence-corrected chi connectivity index (χ2v) is 9.10. The molecule has 1 amide bonds. The van der Waals surface area contributed by atoms with Crippen LogP contribution in [0.2, 0.25) is 0 Å². The highest BCUT2D eigenvalue weighted by atomic mass is 32.2. The largest absolute Gasteiger partial charge is 0.497 e. The SMILES string of the molecule is COc1ccc(N2CCN(S(=O)(=O)CCCNC(=O)c3ccc(F)cc3)CC2)cc1. The summed E-state index contributed by atoms with van der Waals surface area (Å²) in [6.07, 6.45) is 0.313. The molecular formula is C21H26FN3O4S. The first-order valence-corrected chi connectivity index (χ1v) is 11.4. The number of nitrogens with zero attached hydrogens (tertiary/aromatic N) is 2. The lowest BCUT2D eigenvalue weighted by molar-refractivity contribution is 0.0953. The number of anilines is 1. The molecule has 1 aliphatic rings. The van der Waals surface area contributed by atoms with Gasteiger partial charge in [0.2, 0.25) is 10.0 Å². The standard InChI is InChI=1S/C21H26FN3O4S/c1-29-20-9-7-19(8-10-20)24-12-14-25(15-13-24)30(27,28)16-2-11-23-21(26)17-3-5-18(22)6-4-17/h3-10H,2,11-16H2,1H3,(H,23,26). The lowest BCUT2D eigenvalue weighted by Crippen LogP contribution is -2.49. The molecule has 0 radical (unpaired) electrons. The molecular weight excluding hydrogens is 409 g/mol. The Morgan fingerprint density at radius 2 is 1.67 bits per heavy atom. The third-order valence-corrected chi connectivity index (χ3v) is 7.00. The van der Waals surface area contributed by atoms with Crippen molar-refractivity contribution in [3.8, 4) is 5.75 Å². The number of sulfonamides is 1. The Kier molecular flexibility index (Phi) is 7.28. The summed E-state index contributed by atoms with van der Waals surface area (Å²) in [6.45, 7) is 2.33. The van der Waals surface area contributed by atoms with E-state index in [0.717, 1.165) is 11.4 Å². The molecule has 0 atom stereocenters. The second kappa shape index (κ2) is 9.90. The van der Waals surface area contributed by atoms with Crippen molar-refractivity contribution < 1.29 is 22.3 Å². The fourth-order valence-corrected chi connectivity index (χ4v) is 4.79. The molecule has 7 nitrogen and oxygen atoms in total. The molecule has 9 heteroatoms. The number of benzene rings is 2. The topological polar surface area (TPSA) is 79.0 Å². The molecule has 0 aromatic heterocycles. The summed E-state index contributed by atoms with van der Waals surface area (Å²) in [5, 5.41) is 2.67. The van der Waals surface area contributed by atoms with Crippen LogP contribution in [-0.4, -0.2) is 64.2 Å². The van der Waals surface area contributed by atoms with Crippen molar-refractivity contribution in [3.05, 3.63) is 59.9 Å². The minimum absolute atomic E-state index is 0.0285. The average molecular weight is 436 g/mol. The van der Waals surface area contributed by atoms with Crippen LogP contribution < -0.4 is 15.0 Å². The minimum Gasteiger partial charge on any atom is -0.497 e. The van der Waals surface area contributed by atoms with E-state index in [1.54, 1.807) is 7.11 Å². The zero-order valence-electron chi connectivity index (χ0n) is 16.9. The Hall–Kier alpha value is -2.65. The zero-order valence-corrected chi connectivity index (χ0v) is 17.7. The zero-order chi connectivity index (χ0) is 21.6. The van der Waals surface area contributed by atoms with E-state index >= 15 is 0 Å². The first-order chi connectivity index (χ1) is 14.4. The second-order valence-electron chi connectivity index (χ2n) is 7.02. The van der Waals surface area contributed by atoms with Gasteiger partial charge in [-0.1, -0.05) is 0 Å². The minimum atomic E-state index is -3.38. The van der Waals surface area contributed by atoms with E-state index in [9.17, 15) is 17.6 Å². The molecule has 3 rings (SSSR count). The molecule has 1 fully saturated rings. The Morgan fingerprint density at radius 1 is 1.03 bits per heavy atom. The molecule has 2 aromatic carbocycles. The van der Waals surface area contributed by atoms with Crippen LogP contribution in [0.1, 0.15) is 16.8 Å². The molecule has 30 heavy (non-hydrogen) atoms. The number of carbonyl (C=O) groups excluding carboxylic acids is 1. The average Bonchev–Trinajstić information content (AvgIpc) is 2.77. The Balaban J connectivity index is 1.42. The van der Waals surface area contributed by atoms with E-state index in [0.29, 0.717) is 38.2 Å². The van der Waals surface area contributed by atoms with Gasteiger partial charge in [-0.05, 0) is 55.0 Å². The van der Waals surface area contributed by atoms with Gasteiger partial charge in [-0.3, -0.25) is 4.79 Å². The van der Waals surface area contributed by atoms with Crippen LogP contribution in [0.3, 0.4) is 0 Å². The van der Waals surface area contributed by atoms with Crippen molar-refractivity contribution in [2.24, 2.45) is 0 Å². The number of nitrogens with one attached hydrogen (secondary N) is 1. The Labute approximate surface area is 176 Å². The summed E-state index contributed by atoms with van der Waals surface area (Å²) in [5.41, 5.74) is 1.38. The number of hydrogen-bond donors (Lipinski definition) is 1. The predicted molar refractivity (Wildman–Crippen MR) is 114 cm³/mol. The van der Waals surface area contributed by atoms with Crippen LogP contribution in [0.15, 0.2) is 48.5 Å². The van der Waals surface area contributed by atoms with Crippen molar-refractivity contribution in [1.82, 2.24) is 9.62 Å². The first-order valence-electron chi connectivity index (χ1n) is 9.79. The summed E-state index contributed by atoms with van der Waals surface area (Å²) >= 11 is 0. The summed E-state index contributed by atoms with van der Waals surface area (Å²) in [5.74, 6) is -0.00380. The number of halogens is 1. The third kappa shape index (κ3) is 5.70. The number of amides is 1. The molecule has 0 aliphatic carbocycles. The van der Waals surface area contributed by atoms with Crippen LogP contribution in [-0.2, 0) is 10.0 Å². The van der Waals surface area contributed by atoms with Gasteiger partial charge in [0.1, 0.15) is 11.6 Å². The molecule has 0 unspecified atom stereocenters. The molecule has 2 aromatic rings. The van der Waals surface area contributed by atoms with Crippen LogP contribution >= 0.6 is 0 Å². The first kappa shape index (κ1) is 22.0. The van der Waals surface area contributed by atoms with Gasteiger partial charge in [-0.25, -0.2) is 12.8 Å². The van der Waals surface area contributed by atoms with Crippen molar-refractivity contribution in [2.45, 2.75) is 6.42 Å². The third-order valence-electron chi connectivity index (χ3n) is 5.04. The lowest BCUT2D eigenvalue weighted by atomic mass is 10.2. The molecule has 1 saturated heterocycles. The van der Waals surface area contributed by atoms with Gasteiger partial charge in [-0.2, -0.15) is 4.31 Å². The number of ether oxygens (including phenoxy) is 1. The van der Waals surface area contributed by atoms with Gasteiger partial charge in [0.15, 0.2) is 0 Å². The van der Waals surface area contributed by atoms with Crippen molar-refractivity contribution in [1.29, 1.82) is 0 Å². The number of hydrogen-bond acceptors (Lipinski definition) is 5. The number of rotatable bonds is 8. The molecule has 0 bridgehead atoms. The lowest BCUT2D eigenvalue weighted by Gasteiger charge is -2.35. The highest BCUT2D eigenvalue weighted by molar-refractivity contribution is 7.89.